The maximum atomic E-state index is 2.75. The molecule has 0 N–H and O–H groups in total. The Kier molecular flexibility index (Phi) is 5.53. The predicted octanol–water partition coefficient (Wildman–Crippen LogP) is 8.25. The third kappa shape index (κ3) is 3.00. The Labute approximate surface area is 164 Å². The van der Waals surface area contributed by atoms with Crippen LogP contribution in [0.4, 0.5) is 0 Å². The van der Waals surface area contributed by atoms with Gasteiger partial charge in [-0.3, -0.25) is 0 Å². The molecule has 0 aliphatic heterocycles. The van der Waals surface area contributed by atoms with Crippen molar-refractivity contribution in [1.82, 2.24) is 0 Å². The van der Waals surface area contributed by atoms with E-state index < -0.39 is 0 Å². The summed E-state index contributed by atoms with van der Waals surface area (Å²) in [5.74, 6) is 6.30. The Morgan fingerprint density at radius 2 is 1.62 bits per heavy atom. The van der Waals surface area contributed by atoms with Gasteiger partial charge in [0.2, 0.25) is 0 Å². The first-order valence-electron chi connectivity index (χ1n) is 12.5. The highest BCUT2D eigenvalue weighted by molar-refractivity contribution is 5.09. The number of hydrogen-bond acceptors (Lipinski definition) is 0. The lowest BCUT2D eigenvalue weighted by Crippen LogP contribution is -2.53. The van der Waals surface area contributed by atoms with E-state index in [1.165, 1.54) is 38.5 Å². The normalized spacial score (nSPS) is 49.2. The Bertz CT molecular complexity index is 480. The zero-order chi connectivity index (χ0) is 18.4. The molecule has 0 radical (unpaired) electrons. The molecule has 0 heteroatoms. The van der Waals surface area contributed by atoms with Gasteiger partial charge in [-0.15, -0.1) is 0 Å². The number of unbranched alkanes of at least 4 members (excludes halogenated alkanes) is 2. The van der Waals surface area contributed by atoms with Crippen molar-refractivity contribution in [3.63, 3.8) is 0 Å². The van der Waals surface area contributed by atoms with Crippen molar-refractivity contribution in [2.45, 2.75) is 118 Å². The van der Waals surface area contributed by atoms with Crippen molar-refractivity contribution < 1.29 is 0 Å². The molecule has 0 bridgehead atoms. The van der Waals surface area contributed by atoms with Crippen LogP contribution < -0.4 is 0 Å². The molecule has 4 aliphatic rings. The quantitative estimate of drug-likeness (QED) is 0.434. The molecular formula is C26H46. The largest absolute Gasteiger partial charge is 0.0654 e. The number of hydrogen-bond donors (Lipinski definition) is 0. The van der Waals surface area contributed by atoms with Gasteiger partial charge in [-0.05, 0) is 97.7 Å². The van der Waals surface area contributed by atoms with Crippen LogP contribution in [-0.2, 0) is 0 Å². The Morgan fingerprint density at radius 3 is 2.42 bits per heavy atom. The van der Waals surface area contributed by atoms with E-state index in [1.54, 1.807) is 51.4 Å². The molecule has 0 amide bonds. The van der Waals surface area contributed by atoms with Gasteiger partial charge in [0.15, 0.2) is 0 Å². The molecular weight excluding hydrogens is 312 g/mol. The summed E-state index contributed by atoms with van der Waals surface area (Å²) in [5.41, 5.74) is 1.40. The van der Waals surface area contributed by atoms with Crippen molar-refractivity contribution in [1.29, 1.82) is 0 Å². The van der Waals surface area contributed by atoms with Crippen LogP contribution in [0.15, 0.2) is 0 Å². The average molecular weight is 359 g/mol. The molecule has 26 heavy (non-hydrogen) atoms. The molecule has 0 aromatic carbocycles. The van der Waals surface area contributed by atoms with Gasteiger partial charge in [-0.2, -0.15) is 0 Å². The fourth-order valence-electron chi connectivity index (χ4n) is 9.19. The maximum absolute atomic E-state index is 2.75. The zero-order valence-electron chi connectivity index (χ0n) is 18.4. The van der Waals surface area contributed by atoms with Gasteiger partial charge in [-0.25, -0.2) is 0 Å². The lowest BCUT2D eigenvalue weighted by atomic mass is 9.44. The molecule has 0 aromatic rings. The van der Waals surface area contributed by atoms with Crippen LogP contribution in [0.1, 0.15) is 118 Å². The van der Waals surface area contributed by atoms with E-state index in [0.717, 1.165) is 35.5 Å². The molecule has 0 heterocycles. The Balaban J connectivity index is 1.49. The fourth-order valence-corrected chi connectivity index (χ4v) is 9.19. The standard InChI is InChI=1S/C26H46/c1-5-6-7-10-19(2)22-14-15-23-21-13-12-20-11-8-9-17-25(20,3)24(21)16-18-26(22,23)4/h19-24H,5-18H2,1-4H3/t19-,20?,21?,22?,23?,24?,25?,26?/m1/s1. The summed E-state index contributed by atoms with van der Waals surface area (Å²) in [7, 11) is 0. The van der Waals surface area contributed by atoms with Crippen molar-refractivity contribution >= 4 is 0 Å². The van der Waals surface area contributed by atoms with E-state index >= 15 is 0 Å². The lowest BCUT2D eigenvalue weighted by Gasteiger charge is -2.61. The highest BCUT2D eigenvalue weighted by Crippen LogP contribution is 2.68. The lowest BCUT2D eigenvalue weighted by molar-refractivity contribution is -0.114. The average Bonchev–Trinajstić information content (AvgIpc) is 2.98. The van der Waals surface area contributed by atoms with Crippen LogP contribution in [0.5, 0.6) is 0 Å². The van der Waals surface area contributed by atoms with E-state index in [-0.39, 0.29) is 0 Å². The summed E-state index contributed by atoms with van der Waals surface area (Å²) < 4.78 is 0. The highest BCUT2D eigenvalue weighted by Gasteiger charge is 2.59. The summed E-state index contributed by atoms with van der Waals surface area (Å²) in [4.78, 5) is 0. The SMILES string of the molecule is CCCCC[C@@H](C)C1CCC2C3CCC4CCCCC4(C)C3CCC21C. The summed E-state index contributed by atoms with van der Waals surface area (Å²) in [6.07, 6.45) is 21.4. The zero-order valence-corrected chi connectivity index (χ0v) is 18.4. The fraction of sp³-hybridized carbons (Fsp3) is 1.00. The monoisotopic (exact) mass is 358 g/mol. The van der Waals surface area contributed by atoms with Gasteiger partial charge in [0.1, 0.15) is 0 Å². The summed E-state index contributed by atoms with van der Waals surface area (Å²) in [5, 5.41) is 0. The molecule has 7 unspecified atom stereocenters. The van der Waals surface area contributed by atoms with Gasteiger partial charge in [0.05, 0.1) is 0 Å². The van der Waals surface area contributed by atoms with Crippen molar-refractivity contribution in [3.05, 3.63) is 0 Å². The molecule has 8 atom stereocenters. The van der Waals surface area contributed by atoms with Gasteiger partial charge in [-0.1, -0.05) is 66.2 Å². The predicted molar refractivity (Wildman–Crippen MR) is 113 cm³/mol. The van der Waals surface area contributed by atoms with Crippen LogP contribution in [0.2, 0.25) is 0 Å². The number of rotatable bonds is 5. The van der Waals surface area contributed by atoms with E-state index in [1.807, 2.05) is 0 Å². The van der Waals surface area contributed by atoms with Crippen LogP contribution in [0, 0.1) is 46.3 Å². The first-order valence-corrected chi connectivity index (χ1v) is 12.5. The van der Waals surface area contributed by atoms with E-state index in [2.05, 4.69) is 27.7 Å². The molecule has 0 spiro atoms. The summed E-state index contributed by atoms with van der Waals surface area (Å²) in [6, 6.07) is 0. The topological polar surface area (TPSA) is 0 Å². The highest BCUT2D eigenvalue weighted by atomic mass is 14.6. The molecule has 0 saturated heterocycles. The smallest absolute Gasteiger partial charge is 0.0264 e. The first kappa shape index (κ1) is 19.3. The van der Waals surface area contributed by atoms with Crippen LogP contribution in [-0.4, -0.2) is 0 Å². The first-order chi connectivity index (χ1) is 12.5. The number of fused-ring (bicyclic) bond motifs is 5. The van der Waals surface area contributed by atoms with Crippen molar-refractivity contribution in [2.24, 2.45) is 46.3 Å². The van der Waals surface area contributed by atoms with Gasteiger partial charge in [0, 0.05) is 0 Å². The molecule has 0 nitrogen and oxygen atoms in total. The molecule has 4 fully saturated rings. The van der Waals surface area contributed by atoms with Gasteiger partial charge < -0.3 is 0 Å². The Morgan fingerprint density at radius 1 is 0.808 bits per heavy atom. The van der Waals surface area contributed by atoms with Gasteiger partial charge in [0.25, 0.3) is 0 Å². The van der Waals surface area contributed by atoms with Crippen LogP contribution in [0.25, 0.3) is 0 Å². The summed E-state index contributed by atoms with van der Waals surface area (Å²) >= 11 is 0. The summed E-state index contributed by atoms with van der Waals surface area (Å²) in [6.45, 7) is 10.4. The third-order valence-electron chi connectivity index (χ3n) is 10.6. The van der Waals surface area contributed by atoms with E-state index in [9.17, 15) is 0 Å². The Hall–Kier alpha value is 0. The van der Waals surface area contributed by atoms with Gasteiger partial charge >= 0.3 is 0 Å². The minimum Gasteiger partial charge on any atom is -0.0654 e. The second-order valence-corrected chi connectivity index (χ2v) is 11.6. The molecule has 4 aliphatic carbocycles. The third-order valence-corrected chi connectivity index (χ3v) is 10.6. The van der Waals surface area contributed by atoms with Crippen LogP contribution in [0.3, 0.4) is 0 Å². The molecule has 0 aromatic heterocycles. The second kappa shape index (κ2) is 7.44. The van der Waals surface area contributed by atoms with Crippen LogP contribution >= 0.6 is 0 Å². The minimum atomic E-state index is 0.685. The van der Waals surface area contributed by atoms with E-state index in [4.69, 9.17) is 0 Å². The van der Waals surface area contributed by atoms with E-state index in [0.29, 0.717) is 10.8 Å². The molecule has 4 rings (SSSR count). The van der Waals surface area contributed by atoms with Crippen molar-refractivity contribution in [3.8, 4) is 0 Å². The van der Waals surface area contributed by atoms with Crippen molar-refractivity contribution in [2.75, 3.05) is 0 Å². The second-order valence-electron chi connectivity index (χ2n) is 11.6. The minimum absolute atomic E-state index is 0.685. The maximum Gasteiger partial charge on any atom is -0.0264 e. The molecule has 150 valence electrons. The molecule has 4 saturated carbocycles.